The molecule has 1 aromatic rings. The van der Waals surface area contributed by atoms with Gasteiger partial charge in [0.2, 0.25) is 0 Å². The summed E-state index contributed by atoms with van der Waals surface area (Å²) in [6.07, 6.45) is 1.98. The third-order valence-electron chi connectivity index (χ3n) is 3.62. The molecule has 2 rings (SSSR count). The van der Waals surface area contributed by atoms with Gasteiger partial charge in [0.1, 0.15) is 5.69 Å². The third kappa shape index (κ3) is 3.22. The summed E-state index contributed by atoms with van der Waals surface area (Å²) in [7, 11) is 0. The van der Waals surface area contributed by atoms with Crippen LogP contribution in [-0.2, 0) is 0 Å². The number of nitro benzene ring substituents is 1. The van der Waals surface area contributed by atoms with Crippen molar-refractivity contribution in [1.29, 1.82) is 0 Å². The summed E-state index contributed by atoms with van der Waals surface area (Å²) < 4.78 is 27.5. The van der Waals surface area contributed by atoms with Crippen LogP contribution in [0.1, 0.15) is 19.8 Å². The summed E-state index contributed by atoms with van der Waals surface area (Å²) in [5, 5.41) is 16.5. The standard InChI is InChI=1S/C13H17F2N3O2/c1-13(3-2-4-16-7-13)8-17-12-10(14)5-9(18(19)20)6-11(12)15/h5-6,16-17H,2-4,7-8H2,1H3. The summed E-state index contributed by atoms with van der Waals surface area (Å²) in [6, 6.07) is 1.46. The van der Waals surface area contributed by atoms with Crippen LogP contribution in [0.5, 0.6) is 0 Å². The minimum absolute atomic E-state index is 0.0844. The number of anilines is 1. The van der Waals surface area contributed by atoms with Gasteiger partial charge in [-0.15, -0.1) is 0 Å². The molecule has 0 aliphatic carbocycles. The van der Waals surface area contributed by atoms with Crippen LogP contribution < -0.4 is 10.6 Å². The number of nitro groups is 1. The van der Waals surface area contributed by atoms with E-state index in [0.717, 1.165) is 38.1 Å². The fourth-order valence-electron chi connectivity index (χ4n) is 2.41. The number of non-ortho nitro benzene ring substituents is 1. The van der Waals surface area contributed by atoms with Crippen molar-refractivity contribution in [2.75, 3.05) is 25.0 Å². The van der Waals surface area contributed by atoms with Crippen molar-refractivity contribution < 1.29 is 13.7 Å². The van der Waals surface area contributed by atoms with Crippen molar-refractivity contribution in [3.63, 3.8) is 0 Å². The highest BCUT2D eigenvalue weighted by molar-refractivity contribution is 5.51. The topological polar surface area (TPSA) is 67.2 Å². The summed E-state index contributed by atoms with van der Waals surface area (Å²) in [6.45, 7) is 4.17. The van der Waals surface area contributed by atoms with E-state index >= 15 is 0 Å². The van der Waals surface area contributed by atoms with Gasteiger partial charge in [-0.2, -0.15) is 0 Å². The van der Waals surface area contributed by atoms with E-state index in [1.807, 2.05) is 6.92 Å². The molecule has 20 heavy (non-hydrogen) atoms. The van der Waals surface area contributed by atoms with Gasteiger partial charge >= 0.3 is 0 Å². The smallest absolute Gasteiger partial charge is 0.275 e. The van der Waals surface area contributed by atoms with Crippen LogP contribution in [-0.4, -0.2) is 24.6 Å². The van der Waals surface area contributed by atoms with Gasteiger partial charge in [-0.1, -0.05) is 6.92 Å². The van der Waals surface area contributed by atoms with E-state index in [9.17, 15) is 18.9 Å². The number of hydrogen-bond donors (Lipinski definition) is 2. The Morgan fingerprint density at radius 2 is 2.10 bits per heavy atom. The lowest BCUT2D eigenvalue weighted by Crippen LogP contribution is -2.42. The highest BCUT2D eigenvalue weighted by atomic mass is 19.1. The molecular formula is C13H17F2N3O2. The van der Waals surface area contributed by atoms with Crippen LogP contribution in [0, 0.1) is 27.2 Å². The SMILES string of the molecule is CC1(CNc2c(F)cc([N+](=O)[O-])cc2F)CCCNC1. The molecule has 110 valence electrons. The minimum atomic E-state index is -0.941. The zero-order chi connectivity index (χ0) is 14.8. The van der Waals surface area contributed by atoms with Crippen molar-refractivity contribution in [1.82, 2.24) is 5.32 Å². The van der Waals surface area contributed by atoms with Crippen molar-refractivity contribution >= 4 is 11.4 Å². The summed E-state index contributed by atoms with van der Waals surface area (Å²) in [4.78, 5) is 9.70. The average molecular weight is 285 g/mol. The van der Waals surface area contributed by atoms with Crippen LogP contribution in [0.15, 0.2) is 12.1 Å². The van der Waals surface area contributed by atoms with E-state index in [1.165, 1.54) is 0 Å². The molecule has 1 atom stereocenters. The number of benzene rings is 1. The van der Waals surface area contributed by atoms with Crippen molar-refractivity contribution in [2.45, 2.75) is 19.8 Å². The first-order valence-corrected chi connectivity index (χ1v) is 6.49. The Hall–Kier alpha value is -1.76. The highest BCUT2D eigenvalue weighted by Gasteiger charge is 2.27. The van der Waals surface area contributed by atoms with E-state index in [-0.39, 0.29) is 11.1 Å². The van der Waals surface area contributed by atoms with Gasteiger partial charge in [0.25, 0.3) is 5.69 Å². The molecule has 1 unspecified atom stereocenters. The van der Waals surface area contributed by atoms with Crippen LogP contribution >= 0.6 is 0 Å². The quantitative estimate of drug-likeness (QED) is 0.659. The van der Waals surface area contributed by atoms with Gasteiger partial charge in [-0.25, -0.2) is 8.78 Å². The Balaban J connectivity index is 2.11. The Bertz CT molecular complexity index is 493. The lowest BCUT2D eigenvalue weighted by Gasteiger charge is -2.34. The van der Waals surface area contributed by atoms with Crippen molar-refractivity contribution in [2.24, 2.45) is 5.41 Å². The van der Waals surface area contributed by atoms with E-state index in [4.69, 9.17) is 0 Å². The van der Waals surface area contributed by atoms with Crippen LogP contribution in [0.3, 0.4) is 0 Å². The zero-order valence-corrected chi connectivity index (χ0v) is 11.2. The van der Waals surface area contributed by atoms with Gasteiger partial charge in [-0.3, -0.25) is 10.1 Å². The number of halogens is 2. The molecule has 1 aromatic carbocycles. The Morgan fingerprint density at radius 1 is 1.45 bits per heavy atom. The van der Waals surface area contributed by atoms with Gasteiger partial charge in [-0.05, 0) is 24.8 Å². The predicted octanol–water partition coefficient (Wildman–Crippen LogP) is 2.67. The molecule has 2 N–H and O–H groups in total. The highest BCUT2D eigenvalue weighted by Crippen LogP contribution is 2.29. The van der Waals surface area contributed by atoms with E-state index in [2.05, 4.69) is 10.6 Å². The predicted molar refractivity (Wildman–Crippen MR) is 71.7 cm³/mol. The Kier molecular flexibility index (Phi) is 4.17. The molecule has 0 spiro atoms. The lowest BCUT2D eigenvalue weighted by molar-refractivity contribution is -0.385. The second-order valence-corrected chi connectivity index (χ2v) is 5.49. The Morgan fingerprint density at radius 3 is 2.60 bits per heavy atom. The summed E-state index contributed by atoms with van der Waals surface area (Å²) in [5.41, 5.74) is -0.975. The lowest BCUT2D eigenvalue weighted by atomic mass is 9.83. The van der Waals surface area contributed by atoms with Gasteiger partial charge in [0, 0.05) is 13.1 Å². The molecule has 1 heterocycles. The van der Waals surface area contributed by atoms with Crippen molar-refractivity contribution in [3.8, 4) is 0 Å². The maximum absolute atomic E-state index is 13.7. The first kappa shape index (κ1) is 14.6. The molecule has 7 heteroatoms. The number of nitrogens with one attached hydrogen (secondary N) is 2. The third-order valence-corrected chi connectivity index (χ3v) is 3.62. The van der Waals surface area contributed by atoms with E-state index in [1.54, 1.807) is 0 Å². The number of rotatable bonds is 4. The van der Waals surface area contributed by atoms with Crippen molar-refractivity contribution in [3.05, 3.63) is 33.9 Å². The maximum Gasteiger partial charge on any atom is 0.275 e. The maximum atomic E-state index is 13.7. The molecule has 0 saturated carbocycles. The zero-order valence-electron chi connectivity index (χ0n) is 11.2. The van der Waals surface area contributed by atoms with Gasteiger partial charge in [0.15, 0.2) is 11.6 Å². The number of piperidine rings is 1. The largest absolute Gasteiger partial charge is 0.380 e. The number of hydrogen-bond acceptors (Lipinski definition) is 4. The monoisotopic (exact) mass is 285 g/mol. The van der Waals surface area contributed by atoms with E-state index < -0.39 is 22.2 Å². The van der Waals surface area contributed by atoms with Gasteiger partial charge < -0.3 is 10.6 Å². The molecule has 1 saturated heterocycles. The molecule has 0 aromatic heterocycles. The van der Waals surface area contributed by atoms with Gasteiger partial charge in [0.05, 0.1) is 17.1 Å². The minimum Gasteiger partial charge on any atom is -0.380 e. The molecule has 0 amide bonds. The van der Waals surface area contributed by atoms with E-state index in [0.29, 0.717) is 6.54 Å². The fourth-order valence-corrected chi connectivity index (χ4v) is 2.41. The average Bonchev–Trinajstić information content (AvgIpc) is 2.38. The second-order valence-electron chi connectivity index (χ2n) is 5.49. The molecule has 5 nitrogen and oxygen atoms in total. The first-order valence-electron chi connectivity index (χ1n) is 6.49. The van der Waals surface area contributed by atoms with Crippen LogP contribution in [0.2, 0.25) is 0 Å². The Labute approximate surface area is 115 Å². The summed E-state index contributed by atoms with van der Waals surface area (Å²) >= 11 is 0. The molecule has 1 aliphatic rings. The first-order chi connectivity index (χ1) is 9.41. The molecular weight excluding hydrogens is 268 g/mol. The molecule has 0 bridgehead atoms. The molecule has 1 fully saturated rings. The molecule has 0 radical (unpaired) electrons. The van der Waals surface area contributed by atoms with Crippen LogP contribution in [0.4, 0.5) is 20.2 Å². The van der Waals surface area contributed by atoms with Crippen LogP contribution in [0.25, 0.3) is 0 Å². The summed E-state index contributed by atoms with van der Waals surface area (Å²) in [5.74, 6) is -1.88. The fraction of sp³-hybridized carbons (Fsp3) is 0.538. The molecule has 1 aliphatic heterocycles. The number of nitrogens with zero attached hydrogens (tertiary/aromatic N) is 1. The second kappa shape index (κ2) is 5.70. The normalized spacial score (nSPS) is 22.6.